The van der Waals surface area contributed by atoms with Gasteiger partial charge in [0, 0.05) is 35.9 Å². The summed E-state index contributed by atoms with van der Waals surface area (Å²) < 4.78 is 0. The van der Waals surface area contributed by atoms with Gasteiger partial charge in [0.15, 0.2) is 0 Å². The first kappa shape index (κ1) is 13.4. The van der Waals surface area contributed by atoms with Crippen molar-refractivity contribution in [2.45, 2.75) is 37.5 Å². The largest absolute Gasteiger partial charge is 0.335 e. The number of nitrogens with zero attached hydrogens (tertiary/aromatic N) is 1. The van der Waals surface area contributed by atoms with Crippen LogP contribution in [0.2, 0.25) is 0 Å². The zero-order chi connectivity index (χ0) is 12.1. The van der Waals surface area contributed by atoms with Gasteiger partial charge in [-0.1, -0.05) is 6.92 Å². The van der Waals surface area contributed by atoms with Crippen molar-refractivity contribution in [3.8, 4) is 0 Å². The molecule has 1 aliphatic heterocycles. The van der Waals surface area contributed by atoms with E-state index >= 15 is 0 Å². The van der Waals surface area contributed by atoms with Crippen LogP contribution >= 0.6 is 23.5 Å². The van der Waals surface area contributed by atoms with E-state index in [2.05, 4.69) is 12.2 Å². The van der Waals surface area contributed by atoms with E-state index in [1.54, 1.807) is 0 Å². The van der Waals surface area contributed by atoms with Crippen molar-refractivity contribution < 1.29 is 4.79 Å². The van der Waals surface area contributed by atoms with E-state index in [0.29, 0.717) is 6.04 Å². The molecule has 0 aromatic heterocycles. The van der Waals surface area contributed by atoms with E-state index in [9.17, 15) is 4.79 Å². The Kier molecular flexibility index (Phi) is 5.35. The molecule has 2 aliphatic rings. The molecule has 1 N–H and O–H groups in total. The second kappa shape index (κ2) is 6.78. The zero-order valence-corrected chi connectivity index (χ0v) is 12.1. The SMILES string of the molecule is CCSC1CCC(NC(=O)N2CCSCC2)C1. The predicted octanol–water partition coefficient (Wildman–Crippen LogP) is 2.42. The minimum Gasteiger partial charge on any atom is -0.335 e. The van der Waals surface area contributed by atoms with Crippen molar-refractivity contribution >= 4 is 29.6 Å². The number of rotatable bonds is 3. The lowest BCUT2D eigenvalue weighted by Gasteiger charge is -2.28. The van der Waals surface area contributed by atoms with Crippen LogP contribution in [0.25, 0.3) is 0 Å². The van der Waals surface area contributed by atoms with E-state index in [1.807, 2.05) is 28.4 Å². The van der Waals surface area contributed by atoms with Crippen LogP contribution in [-0.4, -0.2) is 52.6 Å². The number of hydrogen-bond donors (Lipinski definition) is 1. The number of urea groups is 1. The predicted molar refractivity (Wildman–Crippen MR) is 77.0 cm³/mol. The molecule has 2 amide bonds. The molecule has 0 radical (unpaired) electrons. The van der Waals surface area contributed by atoms with E-state index in [1.165, 1.54) is 12.2 Å². The number of carbonyl (C=O) groups is 1. The Hall–Kier alpha value is -0.0300. The van der Waals surface area contributed by atoms with E-state index in [4.69, 9.17) is 0 Å². The van der Waals surface area contributed by atoms with Crippen LogP contribution in [0.15, 0.2) is 0 Å². The highest BCUT2D eigenvalue weighted by molar-refractivity contribution is 7.99. The number of thioether (sulfide) groups is 2. The molecule has 98 valence electrons. The molecule has 2 unspecified atom stereocenters. The van der Waals surface area contributed by atoms with E-state index < -0.39 is 0 Å². The summed E-state index contributed by atoms with van der Waals surface area (Å²) in [7, 11) is 0. The summed E-state index contributed by atoms with van der Waals surface area (Å²) in [5.74, 6) is 3.37. The summed E-state index contributed by atoms with van der Waals surface area (Å²) >= 11 is 3.98. The summed E-state index contributed by atoms with van der Waals surface area (Å²) in [6, 6.07) is 0.582. The molecule has 5 heteroatoms. The van der Waals surface area contributed by atoms with Crippen molar-refractivity contribution in [2.75, 3.05) is 30.3 Å². The minimum absolute atomic E-state index is 0.164. The van der Waals surface area contributed by atoms with Crippen molar-refractivity contribution in [2.24, 2.45) is 0 Å². The Bertz CT molecular complexity index is 257. The van der Waals surface area contributed by atoms with Crippen molar-refractivity contribution in [3.63, 3.8) is 0 Å². The average Bonchev–Trinajstić information content (AvgIpc) is 2.78. The van der Waals surface area contributed by atoms with Gasteiger partial charge >= 0.3 is 6.03 Å². The lowest BCUT2D eigenvalue weighted by molar-refractivity contribution is 0.199. The lowest BCUT2D eigenvalue weighted by atomic mass is 10.2. The fourth-order valence-corrected chi connectivity index (χ4v) is 4.54. The van der Waals surface area contributed by atoms with E-state index in [-0.39, 0.29) is 6.03 Å². The van der Waals surface area contributed by atoms with Gasteiger partial charge < -0.3 is 10.2 Å². The van der Waals surface area contributed by atoms with Gasteiger partial charge in [0.25, 0.3) is 0 Å². The second-order valence-electron chi connectivity index (χ2n) is 4.64. The molecule has 2 atom stereocenters. The average molecular weight is 274 g/mol. The van der Waals surface area contributed by atoms with Crippen LogP contribution < -0.4 is 5.32 Å². The molecule has 2 rings (SSSR count). The van der Waals surface area contributed by atoms with Crippen LogP contribution in [0, 0.1) is 0 Å². The topological polar surface area (TPSA) is 32.3 Å². The number of amides is 2. The van der Waals surface area contributed by atoms with Crippen molar-refractivity contribution in [1.82, 2.24) is 10.2 Å². The summed E-state index contributed by atoms with van der Waals surface area (Å²) in [4.78, 5) is 14.0. The molecule has 0 aromatic rings. The molecule has 3 nitrogen and oxygen atoms in total. The highest BCUT2D eigenvalue weighted by Gasteiger charge is 2.27. The quantitative estimate of drug-likeness (QED) is 0.858. The highest BCUT2D eigenvalue weighted by atomic mass is 32.2. The first-order valence-corrected chi connectivity index (χ1v) is 8.74. The smallest absolute Gasteiger partial charge is 0.317 e. The molecule has 1 saturated carbocycles. The molecule has 0 aromatic carbocycles. The number of nitrogens with one attached hydrogen (secondary N) is 1. The Morgan fingerprint density at radius 2 is 2.18 bits per heavy atom. The molecule has 1 heterocycles. The fraction of sp³-hybridized carbons (Fsp3) is 0.917. The second-order valence-corrected chi connectivity index (χ2v) is 7.44. The van der Waals surface area contributed by atoms with Crippen molar-refractivity contribution in [3.05, 3.63) is 0 Å². The Balaban J connectivity index is 1.71. The normalized spacial score (nSPS) is 29.4. The maximum atomic E-state index is 12.0. The molecule has 1 aliphatic carbocycles. The van der Waals surface area contributed by atoms with Crippen LogP contribution in [-0.2, 0) is 0 Å². The van der Waals surface area contributed by atoms with Gasteiger partial charge in [0.1, 0.15) is 0 Å². The van der Waals surface area contributed by atoms with Crippen LogP contribution in [0.5, 0.6) is 0 Å². The zero-order valence-electron chi connectivity index (χ0n) is 10.5. The van der Waals surface area contributed by atoms with E-state index in [0.717, 1.165) is 42.7 Å². The summed E-state index contributed by atoms with van der Waals surface area (Å²) in [5.41, 5.74) is 0. The summed E-state index contributed by atoms with van der Waals surface area (Å²) in [6.45, 7) is 4.04. The lowest BCUT2D eigenvalue weighted by Crippen LogP contribution is -2.47. The van der Waals surface area contributed by atoms with Gasteiger partial charge in [0.05, 0.1) is 0 Å². The molecule has 0 bridgehead atoms. The molecular formula is C12H22N2OS2. The maximum Gasteiger partial charge on any atom is 0.317 e. The van der Waals surface area contributed by atoms with Gasteiger partial charge in [-0.05, 0) is 25.0 Å². The minimum atomic E-state index is 0.164. The van der Waals surface area contributed by atoms with Crippen LogP contribution in [0.4, 0.5) is 4.79 Å². The van der Waals surface area contributed by atoms with Crippen LogP contribution in [0.3, 0.4) is 0 Å². The Labute approximate surface area is 112 Å². The molecule has 2 fully saturated rings. The summed E-state index contributed by atoms with van der Waals surface area (Å²) in [5, 5.41) is 3.97. The Morgan fingerprint density at radius 3 is 2.88 bits per heavy atom. The van der Waals surface area contributed by atoms with Crippen LogP contribution in [0.1, 0.15) is 26.2 Å². The third-order valence-electron chi connectivity index (χ3n) is 3.41. The maximum absolute atomic E-state index is 12.0. The first-order valence-electron chi connectivity index (χ1n) is 6.54. The summed E-state index contributed by atoms with van der Waals surface area (Å²) in [6.07, 6.45) is 3.58. The first-order chi connectivity index (χ1) is 8.29. The standard InChI is InChI=1S/C12H22N2OS2/c1-2-17-11-4-3-10(9-11)13-12(15)14-5-7-16-8-6-14/h10-11H,2-9H2,1H3,(H,13,15). The molecule has 17 heavy (non-hydrogen) atoms. The highest BCUT2D eigenvalue weighted by Crippen LogP contribution is 2.29. The van der Waals surface area contributed by atoms with Gasteiger partial charge in [-0.2, -0.15) is 23.5 Å². The van der Waals surface area contributed by atoms with Gasteiger partial charge in [-0.25, -0.2) is 4.79 Å². The third kappa shape index (κ3) is 3.98. The molecule has 1 saturated heterocycles. The monoisotopic (exact) mass is 274 g/mol. The molecule has 0 spiro atoms. The van der Waals surface area contributed by atoms with Gasteiger partial charge in [0.2, 0.25) is 0 Å². The van der Waals surface area contributed by atoms with Gasteiger partial charge in [-0.15, -0.1) is 0 Å². The number of carbonyl (C=O) groups excluding carboxylic acids is 1. The number of hydrogen-bond acceptors (Lipinski definition) is 3. The Morgan fingerprint density at radius 1 is 1.41 bits per heavy atom. The fourth-order valence-electron chi connectivity index (χ4n) is 2.49. The molecular weight excluding hydrogens is 252 g/mol. The van der Waals surface area contributed by atoms with Gasteiger partial charge in [-0.3, -0.25) is 0 Å². The third-order valence-corrected chi connectivity index (χ3v) is 5.59. The van der Waals surface area contributed by atoms with Crippen molar-refractivity contribution in [1.29, 1.82) is 0 Å².